The average molecular weight is 283 g/mol. The van der Waals surface area contributed by atoms with Gasteiger partial charge in [0.2, 0.25) is 0 Å². The van der Waals surface area contributed by atoms with Crippen molar-refractivity contribution < 1.29 is 14.0 Å². The zero-order valence-electron chi connectivity index (χ0n) is 10.8. The standard InChI is InChI=1S/C13H15ClN2O3/c1-17-9-5-8(6-10(7-9)18-2)3-4-11-12(14)13(15)16-19-11/h5-7H,3-4H2,1-2H3,(H2,15,16). The first-order chi connectivity index (χ1) is 9.13. The van der Waals surface area contributed by atoms with E-state index in [0.717, 1.165) is 23.5 Å². The number of hydrogen-bond acceptors (Lipinski definition) is 5. The lowest BCUT2D eigenvalue weighted by atomic mass is 10.1. The molecule has 1 aromatic carbocycles. The number of rotatable bonds is 5. The second kappa shape index (κ2) is 5.84. The largest absolute Gasteiger partial charge is 0.497 e. The highest BCUT2D eigenvalue weighted by Crippen LogP contribution is 2.26. The minimum Gasteiger partial charge on any atom is -0.497 e. The molecule has 0 saturated carbocycles. The molecule has 19 heavy (non-hydrogen) atoms. The molecule has 0 amide bonds. The molecule has 0 aliphatic carbocycles. The van der Waals surface area contributed by atoms with Crippen molar-refractivity contribution in [2.75, 3.05) is 20.0 Å². The molecule has 1 heterocycles. The summed E-state index contributed by atoms with van der Waals surface area (Å²) < 4.78 is 15.5. The Bertz CT molecular complexity index is 547. The van der Waals surface area contributed by atoms with Gasteiger partial charge in [-0.05, 0) is 24.1 Å². The Balaban J connectivity index is 2.12. The third-order valence-electron chi connectivity index (χ3n) is 2.78. The highest BCUT2D eigenvalue weighted by molar-refractivity contribution is 6.33. The van der Waals surface area contributed by atoms with Gasteiger partial charge >= 0.3 is 0 Å². The molecule has 0 unspecified atom stereocenters. The topological polar surface area (TPSA) is 70.5 Å². The van der Waals surface area contributed by atoms with Crippen molar-refractivity contribution >= 4 is 17.4 Å². The SMILES string of the molecule is COc1cc(CCc2onc(N)c2Cl)cc(OC)c1. The quantitative estimate of drug-likeness (QED) is 0.913. The van der Waals surface area contributed by atoms with Crippen LogP contribution in [0.4, 0.5) is 5.82 Å². The van der Waals surface area contributed by atoms with E-state index in [1.165, 1.54) is 0 Å². The molecule has 0 aliphatic rings. The van der Waals surface area contributed by atoms with E-state index < -0.39 is 0 Å². The molecule has 0 bridgehead atoms. The minimum absolute atomic E-state index is 0.222. The first-order valence-corrected chi connectivity index (χ1v) is 6.13. The van der Waals surface area contributed by atoms with E-state index in [-0.39, 0.29) is 5.82 Å². The van der Waals surface area contributed by atoms with Gasteiger partial charge in [-0.25, -0.2) is 0 Å². The van der Waals surface area contributed by atoms with Gasteiger partial charge in [-0.2, -0.15) is 0 Å². The van der Waals surface area contributed by atoms with Crippen LogP contribution in [0.25, 0.3) is 0 Å². The molecular weight excluding hydrogens is 268 g/mol. The van der Waals surface area contributed by atoms with E-state index in [1.807, 2.05) is 18.2 Å². The summed E-state index contributed by atoms with van der Waals surface area (Å²) >= 11 is 5.96. The van der Waals surface area contributed by atoms with Gasteiger partial charge in [0.15, 0.2) is 11.6 Å². The smallest absolute Gasteiger partial charge is 0.185 e. The third kappa shape index (κ3) is 3.12. The number of anilines is 1. The van der Waals surface area contributed by atoms with Gasteiger partial charge in [0.1, 0.15) is 16.5 Å². The van der Waals surface area contributed by atoms with Crippen molar-refractivity contribution in [1.82, 2.24) is 5.16 Å². The van der Waals surface area contributed by atoms with Crippen LogP contribution in [-0.4, -0.2) is 19.4 Å². The summed E-state index contributed by atoms with van der Waals surface area (Å²) in [7, 11) is 3.24. The van der Waals surface area contributed by atoms with Gasteiger partial charge in [-0.3, -0.25) is 0 Å². The molecule has 0 spiro atoms. The van der Waals surface area contributed by atoms with Crippen LogP contribution in [0.1, 0.15) is 11.3 Å². The number of nitrogens with two attached hydrogens (primary N) is 1. The lowest BCUT2D eigenvalue weighted by molar-refractivity contribution is 0.384. The normalized spacial score (nSPS) is 10.5. The molecule has 6 heteroatoms. The maximum absolute atomic E-state index is 5.96. The number of aryl methyl sites for hydroxylation is 2. The molecule has 0 radical (unpaired) electrons. The van der Waals surface area contributed by atoms with Crippen molar-refractivity contribution in [3.8, 4) is 11.5 Å². The zero-order valence-corrected chi connectivity index (χ0v) is 11.5. The summed E-state index contributed by atoms with van der Waals surface area (Å²) in [5.41, 5.74) is 6.58. The Morgan fingerprint density at radius 3 is 2.26 bits per heavy atom. The van der Waals surface area contributed by atoms with E-state index in [4.69, 9.17) is 31.3 Å². The number of benzene rings is 1. The summed E-state index contributed by atoms with van der Waals surface area (Å²) in [6.07, 6.45) is 1.33. The molecule has 0 saturated heterocycles. The maximum atomic E-state index is 5.96. The van der Waals surface area contributed by atoms with Crippen LogP contribution in [-0.2, 0) is 12.8 Å². The first kappa shape index (κ1) is 13.5. The van der Waals surface area contributed by atoms with E-state index in [9.17, 15) is 0 Å². The molecule has 102 valence electrons. The van der Waals surface area contributed by atoms with E-state index in [1.54, 1.807) is 14.2 Å². The molecule has 0 fully saturated rings. The summed E-state index contributed by atoms with van der Waals surface area (Å²) in [5, 5.41) is 4.00. The van der Waals surface area contributed by atoms with Gasteiger partial charge in [-0.1, -0.05) is 16.8 Å². The van der Waals surface area contributed by atoms with E-state index in [0.29, 0.717) is 17.2 Å². The lowest BCUT2D eigenvalue weighted by Gasteiger charge is -2.07. The minimum atomic E-state index is 0.222. The van der Waals surface area contributed by atoms with Crippen LogP contribution in [0.15, 0.2) is 22.7 Å². The van der Waals surface area contributed by atoms with E-state index in [2.05, 4.69) is 5.16 Å². The van der Waals surface area contributed by atoms with Gasteiger partial charge < -0.3 is 19.7 Å². The number of aromatic nitrogens is 1. The van der Waals surface area contributed by atoms with Crippen LogP contribution in [0, 0.1) is 0 Å². The number of hydrogen-bond donors (Lipinski definition) is 1. The van der Waals surface area contributed by atoms with Crippen molar-refractivity contribution in [3.05, 3.63) is 34.5 Å². The third-order valence-corrected chi connectivity index (χ3v) is 3.18. The number of ether oxygens (including phenoxy) is 2. The predicted molar refractivity (Wildman–Crippen MR) is 72.9 cm³/mol. The van der Waals surface area contributed by atoms with Crippen molar-refractivity contribution in [1.29, 1.82) is 0 Å². The molecule has 0 atom stereocenters. The molecule has 2 N–H and O–H groups in total. The summed E-state index contributed by atoms with van der Waals surface area (Å²) in [4.78, 5) is 0. The molecule has 2 aromatic rings. The fraction of sp³-hybridized carbons (Fsp3) is 0.308. The maximum Gasteiger partial charge on any atom is 0.185 e. The fourth-order valence-electron chi connectivity index (χ4n) is 1.75. The predicted octanol–water partition coefficient (Wildman–Crippen LogP) is 2.71. The van der Waals surface area contributed by atoms with Gasteiger partial charge in [0.25, 0.3) is 0 Å². The highest BCUT2D eigenvalue weighted by atomic mass is 35.5. The van der Waals surface area contributed by atoms with Crippen molar-refractivity contribution in [3.63, 3.8) is 0 Å². The van der Waals surface area contributed by atoms with Gasteiger partial charge in [-0.15, -0.1) is 0 Å². The molecule has 5 nitrogen and oxygen atoms in total. The van der Waals surface area contributed by atoms with Crippen LogP contribution in [0.3, 0.4) is 0 Å². The highest BCUT2D eigenvalue weighted by Gasteiger charge is 2.11. The van der Waals surface area contributed by atoms with Crippen LogP contribution < -0.4 is 15.2 Å². The van der Waals surface area contributed by atoms with Crippen LogP contribution in [0.5, 0.6) is 11.5 Å². The Morgan fingerprint density at radius 1 is 1.16 bits per heavy atom. The van der Waals surface area contributed by atoms with Crippen LogP contribution >= 0.6 is 11.6 Å². The average Bonchev–Trinajstić information content (AvgIpc) is 2.76. The van der Waals surface area contributed by atoms with Crippen molar-refractivity contribution in [2.45, 2.75) is 12.8 Å². The zero-order chi connectivity index (χ0) is 13.8. The summed E-state index contributed by atoms with van der Waals surface area (Å²) in [6, 6.07) is 5.70. The Labute approximate surface area is 116 Å². The van der Waals surface area contributed by atoms with Crippen molar-refractivity contribution in [2.24, 2.45) is 0 Å². The second-order valence-corrected chi connectivity index (χ2v) is 4.40. The summed E-state index contributed by atoms with van der Waals surface area (Å²) in [5.74, 6) is 2.30. The number of methoxy groups -OCH3 is 2. The van der Waals surface area contributed by atoms with E-state index >= 15 is 0 Å². The van der Waals surface area contributed by atoms with Gasteiger partial charge in [0.05, 0.1) is 14.2 Å². The molecule has 2 rings (SSSR count). The number of nitrogens with zero attached hydrogens (tertiary/aromatic N) is 1. The van der Waals surface area contributed by atoms with Crippen LogP contribution in [0.2, 0.25) is 5.02 Å². The second-order valence-electron chi connectivity index (χ2n) is 4.03. The first-order valence-electron chi connectivity index (χ1n) is 5.75. The Hall–Kier alpha value is -1.88. The number of halogens is 1. The fourth-order valence-corrected chi connectivity index (χ4v) is 1.91. The Morgan fingerprint density at radius 2 is 1.79 bits per heavy atom. The van der Waals surface area contributed by atoms with Gasteiger partial charge in [0, 0.05) is 12.5 Å². The summed E-state index contributed by atoms with van der Waals surface area (Å²) in [6.45, 7) is 0. The molecular formula is C13H15ClN2O3. The lowest BCUT2D eigenvalue weighted by Crippen LogP contribution is -1.94. The monoisotopic (exact) mass is 282 g/mol. The Kier molecular flexibility index (Phi) is 4.16. The molecule has 0 aliphatic heterocycles. The number of nitrogen functional groups attached to an aromatic ring is 1. The molecule has 1 aromatic heterocycles.